The molecular weight excluding hydrogens is 511 g/mol. The predicted octanol–water partition coefficient (Wildman–Crippen LogP) is 6.18. The number of fused-ring (bicyclic) bond motifs is 2. The highest BCUT2D eigenvalue weighted by Gasteiger charge is 2.57. The number of hydrogen-bond donors (Lipinski definition) is 1. The number of sulfone groups is 1. The number of benzene rings is 2. The molecule has 1 unspecified atom stereocenters. The third kappa shape index (κ3) is 4.15. The molecule has 0 bridgehead atoms. The SMILES string of the molecule is Cc1ccc(S(=O)(=O)[C@H]2CCC3=Cc4c(ccn4-c4ccc(F)cc4)C[C@]3(C(C)(O)c3ccccn3)C2)cc1. The Labute approximate surface area is 228 Å². The fourth-order valence-electron chi connectivity index (χ4n) is 6.45. The van der Waals surface area contributed by atoms with Crippen molar-refractivity contribution in [2.24, 2.45) is 5.41 Å². The lowest BCUT2D eigenvalue weighted by atomic mass is 9.55. The summed E-state index contributed by atoms with van der Waals surface area (Å²) in [4.78, 5) is 4.83. The monoisotopic (exact) mass is 542 g/mol. The maximum absolute atomic E-state index is 13.9. The molecule has 5 nitrogen and oxygen atoms in total. The van der Waals surface area contributed by atoms with E-state index in [0.717, 1.165) is 28.1 Å². The molecular formula is C32H31FN2O3S. The van der Waals surface area contributed by atoms with Crippen LogP contribution >= 0.6 is 0 Å². The summed E-state index contributed by atoms with van der Waals surface area (Å²) in [6.45, 7) is 3.71. The highest BCUT2D eigenvalue weighted by molar-refractivity contribution is 7.92. The van der Waals surface area contributed by atoms with E-state index in [-0.39, 0.29) is 12.2 Å². The van der Waals surface area contributed by atoms with Gasteiger partial charge in [-0.2, -0.15) is 0 Å². The van der Waals surface area contributed by atoms with Crippen LogP contribution in [0.3, 0.4) is 0 Å². The summed E-state index contributed by atoms with van der Waals surface area (Å²) in [5.41, 5.74) is 3.07. The zero-order valence-corrected chi connectivity index (χ0v) is 22.8. The largest absolute Gasteiger partial charge is 0.383 e. The first kappa shape index (κ1) is 25.7. The van der Waals surface area contributed by atoms with Gasteiger partial charge in [-0.3, -0.25) is 4.98 Å². The van der Waals surface area contributed by atoms with Gasteiger partial charge in [-0.25, -0.2) is 12.8 Å². The normalized spacial score (nSPS) is 22.4. The number of halogens is 1. The first-order chi connectivity index (χ1) is 18.6. The zero-order valence-electron chi connectivity index (χ0n) is 22.0. The van der Waals surface area contributed by atoms with Gasteiger partial charge in [0.15, 0.2) is 9.84 Å². The number of rotatable bonds is 5. The first-order valence-corrected chi connectivity index (χ1v) is 14.8. The van der Waals surface area contributed by atoms with E-state index < -0.39 is 26.1 Å². The van der Waals surface area contributed by atoms with Gasteiger partial charge >= 0.3 is 0 Å². The van der Waals surface area contributed by atoms with Gasteiger partial charge in [0.2, 0.25) is 0 Å². The van der Waals surface area contributed by atoms with E-state index in [1.807, 2.05) is 48.0 Å². The summed E-state index contributed by atoms with van der Waals surface area (Å²) < 4.78 is 43.4. The van der Waals surface area contributed by atoms with Gasteiger partial charge in [-0.1, -0.05) is 29.3 Å². The van der Waals surface area contributed by atoms with Gasteiger partial charge < -0.3 is 9.67 Å². The number of nitrogens with zero attached hydrogens (tertiary/aromatic N) is 2. The molecule has 2 aromatic heterocycles. The number of aromatic nitrogens is 2. The quantitative estimate of drug-likeness (QED) is 0.327. The van der Waals surface area contributed by atoms with E-state index in [0.29, 0.717) is 29.9 Å². The average Bonchev–Trinajstić information content (AvgIpc) is 3.34. The second kappa shape index (κ2) is 9.28. The summed E-state index contributed by atoms with van der Waals surface area (Å²) >= 11 is 0. The smallest absolute Gasteiger partial charge is 0.181 e. The van der Waals surface area contributed by atoms with Crippen molar-refractivity contribution in [1.29, 1.82) is 0 Å². The lowest BCUT2D eigenvalue weighted by Gasteiger charge is -2.52. The van der Waals surface area contributed by atoms with E-state index in [1.54, 1.807) is 43.5 Å². The molecule has 1 fully saturated rings. The molecule has 0 spiro atoms. The van der Waals surface area contributed by atoms with Crippen molar-refractivity contribution in [2.75, 3.05) is 0 Å². The van der Waals surface area contributed by atoms with Crippen molar-refractivity contribution in [3.8, 4) is 5.69 Å². The van der Waals surface area contributed by atoms with E-state index in [4.69, 9.17) is 0 Å². The van der Waals surface area contributed by atoms with Crippen LogP contribution < -0.4 is 0 Å². The van der Waals surface area contributed by atoms with Crippen molar-refractivity contribution in [3.63, 3.8) is 0 Å². The van der Waals surface area contributed by atoms with Crippen LogP contribution in [0.25, 0.3) is 11.8 Å². The predicted molar refractivity (Wildman–Crippen MR) is 150 cm³/mol. The molecule has 0 saturated heterocycles. The lowest BCUT2D eigenvalue weighted by molar-refractivity contribution is -0.0717. The van der Waals surface area contributed by atoms with Crippen molar-refractivity contribution in [2.45, 2.75) is 55.3 Å². The van der Waals surface area contributed by atoms with Gasteiger partial charge in [-0.15, -0.1) is 0 Å². The minimum atomic E-state index is -3.63. The van der Waals surface area contributed by atoms with E-state index in [1.165, 1.54) is 12.1 Å². The highest BCUT2D eigenvalue weighted by Crippen LogP contribution is 2.58. The van der Waals surface area contributed by atoms with E-state index in [9.17, 15) is 17.9 Å². The van der Waals surface area contributed by atoms with E-state index in [2.05, 4.69) is 11.1 Å². The number of aliphatic hydroxyl groups is 1. The molecule has 2 aromatic carbocycles. The van der Waals surface area contributed by atoms with Gasteiger partial charge in [0.1, 0.15) is 11.4 Å². The second-order valence-electron chi connectivity index (χ2n) is 11.0. The van der Waals surface area contributed by atoms with Crippen molar-refractivity contribution in [1.82, 2.24) is 9.55 Å². The molecule has 0 amide bonds. The molecule has 0 radical (unpaired) electrons. The van der Waals surface area contributed by atoms with Gasteiger partial charge in [0.05, 0.1) is 15.8 Å². The van der Waals surface area contributed by atoms with Crippen LogP contribution in [0.15, 0.2) is 95.7 Å². The zero-order chi connectivity index (χ0) is 27.4. The maximum atomic E-state index is 13.9. The molecule has 39 heavy (non-hydrogen) atoms. The molecule has 2 aliphatic rings. The molecule has 4 aromatic rings. The topological polar surface area (TPSA) is 72.2 Å². The summed E-state index contributed by atoms with van der Waals surface area (Å²) in [5, 5.41) is 11.7. The number of hydrogen-bond acceptors (Lipinski definition) is 4. The Morgan fingerprint density at radius 1 is 1.05 bits per heavy atom. The Morgan fingerprint density at radius 2 is 1.79 bits per heavy atom. The van der Waals surface area contributed by atoms with E-state index >= 15 is 0 Å². The fraction of sp³-hybridized carbons (Fsp3) is 0.281. The van der Waals surface area contributed by atoms with Crippen molar-refractivity contribution >= 4 is 15.9 Å². The molecule has 2 aliphatic carbocycles. The minimum Gasteiger partial charge on any atom is -0.383 e. The third-order valence-electron chi connectivity index (χ3n) is 8.73. The van der Waals surface area contributed by atoms with Crippen LogP contribution in [0.4, 0.5) is 4.39 Å². The Morgan fingerprint density at radius 3 is 2.49 bits per heavy atom. The standard InChI is InChI=1S/C32H31FN2O3S/c1-22-6-13-27(14-7-22)39(37,38)28-15-8-24-19-29-23(16-18-35(29)26-11-9-25(33)10-12-26)20-32(24,21-28)31(2,36)30-5-3-4-17-34-30/h3-7,9-14,16-19,28,36H,8,15,20-21H2,1-2H3/t28-,31?,32-/m0/s1. The maximum Gasteiger partial charge on any atom is 0.181 e. The molecule has 0 aliphatic heterocycles. The fourth-order valence-corrected chi connectivity index (χ4v) is 8.28. The lowest BCUT2D eigenvalue weighted by Crippen LogP contribution is -2.53. The van der Waals surface area contributed by atoms with Crippen LogP contribution in [-0.4, -0.2) is 28.3 Å². The molecule has 1 N–H and O–H groups in total. The summed E-state index contributed by atoms with van der Waals surface area (Å²) in [7, 11) is -3.63. The van der Waals surface area contributed by atoms with Crippen LogP contribution in [0.2, 0.25) is 0 Å². The number of pyridine rings is 1. The molecule has 7 heteroatoms. The van der Waals surface area contributed by atoms with Gasteiger partial charge in [-0.05, 0) is 106 Å². The first-order valence-electron chi connectivity index (χ1n) is 13.2. The molecule has 6 rings (SSSR count). The Balaban J connectivity index is 1.48. The highest BCUT2D eigenvalue weighted by atomic mass is 32.2. The molecule has 2 heterocycles. The van der Waals surface area contributed by atoms with Crippen LogP contribution in [0, 0.1) is 18.2 Å². The van der Waals surface area contributed by atoms with Gasteiger partial charge in [0, 0.05) is 29.2 Å². The molecule has 1 saturated carbocycles. The third-order valence-corrected chi connectivity index (χ3v) is 10.9. The molecule has 3 atom stereocenters. The Kier molecular flexibility index (Phi) is 6.12. The van der Waals surface area contributed by atoms with Crippen LogP contribution in [0.5, 0.6) is 0 Å². The summed E-state index contributed by atoms with van der Waals surface area (Å²) in [6, 6.07) is 20.9. The van der Waals surface area contributed by atoms with Crippen LogP contribution in [0.1, 0.15) is 48.7 Å². The summed E-state index contributed by atoms with van der Waals surface area (Å²) in [6.07, 6.45) is 7.46. The van der Waals surface area contributed by atoms with Crippen molar-refractivity contribution < 1.29 is 17.9 Å². The van der Waals surface area contributed by atoms with Gasteiger partial charge in [0.25, 0.3) is 0 Å². The molecule has 200 valence electrons. The van der Waals surface area contributed by atoms with Crippen LogP contribution in [-0.2, 0) is 21.9 Å². The second-order valence-corrected chi connectivity index (χ2v) is 13.2. The number of aryl methyl sites for hydroxylation is 1. The Bertz CT molecular complexity index is 1660. The minimum absolute atomic E-state index is 0.278. The Hall–Kier alpha value is -3.55. The van der Waals surface area contributed by atoms with Crippen molar-refractivity contribution in [3.05, 3.63) is 119 Å². The summed E-state index contributed by atoms with van der Waals surface area (Å²) in [5.74, 6) is -0.295. The average molecular weight is 543 g/mol.